The summed E-state index contributed by atoms with van der Waals surface area (Å²) in [4.78, 5) is 27.1. The van der Waals surface area contributed by atoms with Crippen molar-refractivity contribution in [3.05, 3.63) is 65.0 Å². The van der Waals surface area contributed by atoms with Crippen molar-refractivity contribution >= 4 is 28.9 Å². The summed E-state index contributed by atoms with van der Waals surface area (Å²) in [6.45, 7) is 6.42. The highest BCUT2D eigenvalue weighted by Crippen LogP contribution is 2.32. The number of rotatable bonds is 7. The molecule has 0 saturated carbocycles. The van der Waals surface area contributed by atoms with Gasteiger partial charge in [-0.15, -0.1) is 0 Å². The Kier molecular flexibility index (Phi) is 7.24. The lowest BCUT2D eigenvalue weighted by atomic mass is 9.96. The van der Waals surface area contributed by atoms with Crippen LogP contribution in [0.15, 0.2) is 47.7 Å². The van der Waals surface area contributed by atoms with Gasteiger partial charge in [-0.3, -0.25) is 9.69 Å². The quantitative estimate of drug-likeness (QED) is 0.369. The van der Waals surface area contributed by atoms with E-state index in [0.29, 0.717) is 29.8 Å². The number of hydrogen-bond acceptors (Lipinski definition) is 9. The summed E-state index contributed by atoms with van der Waals surface area (Å²) in [6.07, 6.45) is 3.71. The molecule has 0 aliphatic carbocycles. The Bertz CT molecular complexity index is 1360. The van der Waals surface area contributed by atoms with Crippen LogP contribution in [0.25, 0.3) is 0 Å². The second kappa shape index (κ2) is 10.7. The zero-order valence-electron chi connectivity index (χ0n) is 22.3. The van der Waals surface area contributed by atoms with Gasteiger partial charge in [0, 0.05) is 67.8 Å². The van der Waals surface area contributed by atoms with Crippen molar-refractivity contribution in [2.45, 2.75) is 51.9 Å². The second-order valence-corrected chi connectivity index (χ2v) is 10.1. The van der Waals surface area contributed by atoms with Crippen LogP contribution in [0.2, 0.25) is 0 Å². The largest absolute Gasteiger partial charge is 0.497 e. The van der Waals surface area contributed by atoms with Gasteiger partial charge >= 0.3 is 0 Å². The average Bonchev–Trinajstić information content (AvgIpc) is 3.35. The highest BCUT2D eigenvalue weighted by molar-refractivity contribution is 5.96. The van der Waals surface area contributed by atoms with Gasteiger partial charge in [0.1, 0.15) is 11.4 Å². The number of anilines is 3. The molecule has 5 rings (SSSR count). The number of carbonyl (C=O) groups is 1. The van der Waals surface area contributed by atoms with Crippen LogP contribution >= 0.6 is 0 Å². The fourth-order valence-electron chi connectivity index (χ4n) is 5.48. The standard InChI is InChI=1S/C28H34N8O2/c1-17-9-21(13-23(10-17)38-4)32-28-31-14-20-15-35(16-26(20)33-28)22-7-8-36(18(2)11-22)27(37)19-5-6-24(30-3)25(12-19)34-29/h5-6,9-10,12-14,18,22,29-30H,7-8,11,15-16H2,1-4H3,(H,31,32,33)/t18-,22-/m1/s1. The van der Waals surface area contributed by atoms with E-state index >= 15 is 0 Å². The van der Waals surface area contributed by atoms with Crippen molar-refractivity contribution in [2.24, 2.45) is 5.11 Å². The maximum absolute atomic E-state index is 13.3. The number of nitrogens with one attached hydrogen (secondary N) is 3. The van der Waals surface area contributed by atoms with Crippen LogP contribution in [-0.2, 0) is 13.1 Å². The number of nitrogens with zero attached hydrogens (tertiary/aromatic N) is 5. The van der Waals surface area contributed by atoms with E-state index in [9.17, 15) is 4.79 Å². The minimum atomic E-state index is -0.0115. The van der Waals surface area contributed by atoms with E-state index in [1.54, 1.807) is 32.4 Å². The van der Waals surface area contributed by atoms with Crippen LogP contribution in [0.5, 0.6) is 5.75 Å². The van der Waals surface area contributed by atoms with E-state index in [1.165, 1.54) is 0 Å². The monoisotopic (exact) mass is 514 g/mol. The third-order valence-corrected chi connectivity index (χ3v) is 7.48. The summed E-state index contributed by atoms with van der Waals surface area (Å²) < 4.78 is 5.38. The smallest absolute Gasteiger partial charge is 0.254 e. The van der Waals surface area contributed by atoms with Crippen LogP contribution in [-0.4, -0.2) is 58.5 Å². The summed E-state index contributed by atoms with van der Waals surface area (Å²) in [5.41, 5.74) is 13.4. The Hall–Kier alpha value is -4.05. The molecule has 0 bridgehead atoms. The Morgan fingerprint density at radius 1 is 1.21 bits per heavy atom. The van der Waals surface area contributed by atoms with Crippen molar-refractivity contribution < 1.29 is 9.53 Å². The molecule has 38 heavy (non-hydrogen) atoms. The summed E-state index contributed by atoms with van der Waals surface area (Å²) in [5, 5.41) is 9.88. The first-order valence-electron chi connectivity index (χ1n) is 12.9. The number of benzene rings is 2. The van der Waals surface area contributed by atoms with E-state index in [2.05, 4.69) is 32.6 Å². The number of likely N-dealkylation sites (tertiary alicyclic amines) is 1. The van der Waals surface area contributed by atoms with Gasteiger partial charge < -0.3 is 20.3 Å². The Morgan fingerprint density at radius 2 is 2.05 bits per heavy atom. The van der Waals surface area contributed by atoms with Crippen LogP contribution in [0, 0.1) is 12.5 Å². The zero-order valence-corrected chi connectivity index (χ0v) is 22.3. The Balaban J connectivity index is 1.22. The van der Waals surface area contributed by atoms with Gasteiger partial charge in [0.05, 0.1) is 18.5 Å². The molecule has 1 saturated heterocycles. The molecule has 1 amide bonds. The molecule has 2 aliphatic heterocycles. The second-order valence-electron chi connectivity index (χ2n) is 10.1. The molecule has 2 aromatic carbocycles. The molecule has 198 valence electrons. The molecule has 10 nitrogen and oxygen atoms in total. The van der Waals surface area contributed by atoms with Gasteiger partial charge in [0.2, 0.25) is 5.95 Å². The predicted molar refractivity (Wildman–Crippen MR) is 147 cm³/mol. The molecule has 1 aromatic heterocycles. The number of piperidine rings is 1. The number of methoxy groups -OCH3 is 1. The molecule has 2 atom stereocenters. The maximum atomic E-state index is 13.3. The predicted octanol–water partition coefficient (Wildman–Crippen LogP) is 5.25. The maximum Gasteiger partial charge on any atom is 0.254 e. The minimum absolute atomic E-state index is 0.0115. The topological polar surface area (TPSA) is 119 Å². The average molecular weight is 515 g/mol. The number of fused-ring (bicyclic) bond motifs is 1. The number of amides is 1. The third kappa shape index (κ3) is 5.17. The third-order valence-electron chi connectivity index (χ3n) is 7.48. The van der Waals surface area contributed by atoms with Crippen molar-refractivity contribution in [3.8, 4) is 5.75 Å². The minimum Gasteiger partial charge on any atom is -0.497 e. The number of hydrogen-bond donors (Lipinski definition) is 3. The first-order valence-corrected chi connectivity index (χ1v) is 12.9. The van der Waals surface area contributed by atoms with E-state index in [-0.39, 0.29) is 11.9 Å². The highest BCUT2D eigenvalue weighted by Gasteiger charge is 2.35. The summed E-state index contributed by atoms with van der Waals surface area (Å²) >= 11 is 0. The van der Waals surface area contributed by atoms with E-state index in [1.807, 2.05) is 36.2 Å². The van der Waals surface area contributed by atoms with Crippen LogP contribution in [0.4, 0.5) is 23.0 Å². The van der Waals surface area contributed by atoms with Gasteiger partial charge in [-0.25, -0.2) is 15.5 Å². The highest BCUT2D eigenvalue weighted by atomic mass is 16.5. The molecule has 0 radical (unpaired) electrons. The number of carbonyl (C=O) groups excluding carboxylic acids is 1. The number of aromatic nitrogens is 2. The lowest BCUT2D eigenvalue weighted by Crippen LogP contribution is -2.50. The van der Waals surface area contributed by atoms with E-state index in [4.69, 9.17) is 15.3 Å². The van der Waals surface area contributed by atoms with Crippen LogP contribution < -0.4 is 15.4 Å². The lowest BCUT2D eigenvalue weighted by molar-refractivity contribution is 0.0460. The zero-order chi connectivity index (χ0) is 26.8. The van der Waals surface area contributed by atoms with Crippen LogP contribution in [0.3, 0.4) is 0 Å². The fraction of sp³-hybridized carbons (Fsp3) is 0.393. The molecule has 3 heterocycles. The van der Waals surface area contributed by atoms with E-state index < -0.39 is 0 Å². The first-order chi connectivity index (χ1) is 18.4. The number of ether oxygens (including phenoxy) is 1. The number of aryl methyl sites for hydroxylation is 1. The molecular formula is C28H34N8O2. The molecule has 3 aromatic rings. The normalized spacial score (nSPS) is 19.1. The first kappa shape index (κ1) is 25.6. The van der Waals surface area contributed by atoms with Crippen molar-refractivity contribution in [3.63, 3.8) is 0 Å². The van der Waals surface area contributed by atoms with Gasteiger partial charge in [0.15, 0.2) is 0 Å². The summed E-state index contributed by atoms with van der Waals surface area (Å²) in [6, 6.07) is 11.7. The summed E-state index contributed by atoms with van der Waals surface area (Å²) in [7, 11) is 3.44. The van der Waals surface area contributed by atoms with Gasteiger partial charge in [-0.1, -0.05) is 0 Å². The lowest BCUT2D eigenvalue weighted by Gasteiger charge is -2.41. The molecular weight excluding hydrogens is 480 g/mol. The fourth-order valence-corrected chi connectivity index (χ4v) is 5.48. The van der Waals surface area contributed by atoms with Crippen LogP contribution in [0.1, 0.15) is 46.9 Å². The molecule has 0 unspecified atom stereocenters. The van der Waals surface area contributed by atoms with Gasteiger partial charge in [-0.2, -0.15) is 5.11 Å². The van der Waals surface area contributed by atoms with Gasteiger partial charge in [-0.05, 0) is 62.6 Å². The summed E-state index contributed by atoms with van der Waals surface area (Å²) in [5.74, 6) is 1.36. The molecule has 3 N–H and O–H groups in total. The van der Waals surface area contributed by atoms with Crippen molar-refractivity contribution in [1.29, 1.82) is 5.53 Å². The molecule has 0 spiro atoms. The van der Waals surface area contributed by atoms with Crippen molar-refractivity contribution in [2.75, 3.05) is 31.3 Å². The molecule has 1 fully saturated rings. The SMILES string of the molecule is CNc1ccc(C(=O)N2CC[C@@H](N3Cc4cnc(Nc5cc(C)cc(OC)c5)nc4C3)C[C@H]2C)cc1N=N. The van der Waals surface area contributed by atoms with Crippen molar-refractivity contribution in [1.82, 2.24) is 19.8 Å². The Labute approximate surface area is 222 Å². The molecule has 2 aliphatic rings. The molecule has 10 heteroatoms. The van der Waals surface area contributed by atoms with E-state index in [0.717, 1.165) is 59.9 Å². The van der Waals surface area contributed by atoms with Gasteiger partial charge in [0.25, 0.3) is 5.91 Å². The Morgan fingerprint density at radius 3 is 2.79 bits per heavy atom.